The summed E-state index contributed by atoms with van der Waals surface area (Å²) in [6.45, 7) is 5.96. The van der Waals surface area contributed by atoms with Gasteiger partial charge < -0.3 is 9.90 Å². The normalized spacial score (nSPS) is 10.8. The van der Waals surface area contributed by atoms with Gasteiger partial charge in [0.25, 0.3) is 0 Å². The van der Waals surface area contributed by atoms with Crippen molar-refractivity contribution < 1.29 is 9.90 Å². The number of hydrogen-bond donors (Lipinski definition) is 1. The minimum atomic E-state index is 0.225. The molecule has 0 atom stereocenters. The van der Waals surface area contributed by atoms with Crippen molar-refractivity contribution in [3.8, 4) is 5.75 Å². The smallest absolute Gasteiger partial charge is 0.130 e. The van der Waals surface area contributed by atoms with Crippen LogP contribution in [0, 0.1) is 0 Å². The number of hydrogen-bond acceptors (Lipinski definition) is 2. The third-order valence-corrected chi connectivity index (χ3v) is 3.69. The number of aromatic hydroxyl groups is 1. The second-order valence-electron chi connectivity index (χ2n) is 5.67. The highest BCUT2D eigenvalue weighted by Crippen LogP contribution is 2.28. The molecule has 0 aromatic heterocycles. The number of aryl methyl sites for hydroxylation is 3. The molecule has 0 fully saturated rings. The summed E-state index contributed by atoms with van der Waals surface area (Å²) in [5, 5.41) is 10.4. The van der Waals surface area contributed by atoms with E-state index in [4.69, 9.17) is 0 Å². The Kier molecular flexibility index (Phi) is 7.35. The highest BCUT2D eigenvalue weighted by atomic mass is 16.3. The van der Waals surface area contributed by atoms with E-state index in [1.165, 1.54) is 5.56 Å². The first kappa shape index (κ1) is 16.7. The van der Waals surface area contributed by atoms with Gasteiger partial charge in [-0.05, 0) is 55.7 Å². The average molecular weight is 276 g/mol. The van der Waals surface area contributed by atoms with Crippen molar-refractivity contribution >= 4 is 5.78 Å². The molecule has 112 valence electrons. The van der Waals surface area contributed by atoms with Crippen molar-refractivity contribution in [2.24, 2.45) is 0 Å². The first-order valence-electron chi connectivity index (χ1n) is 7.91. The molecule has 0 spiro atoms. The summed E-state index contributed by atoms with van der Waals surface area (Å²) in [6.07, 6.45) is 7.67. The van der Waals surface area contributed by atoms with Gasteiger partial charge in [-0.2, -0.15) is 0 Å². The Morgan fingerprint density at radius 1 is 1.00 bits per heavy atom. The summed E-state index contributed by atoms with van der Waals surface area (Å²) in [4.78, 5) is 11.1. The van der Waals surface area contributed by atoms with Crippen LogP contribution in [0.25, 0.3) is 0 Å². The van der Waals surface area contributed by atoms with Crippen LogP contribution in [0.2, 0.25) is 0 Å². The van der Waals surface area contributed by atoms with Gasteiger partial charge in [0, 0.05) is 6.42 Å². The average Bonchev–Trinajstić information content (AvgIpc) is 2.43. The zero-order chi connectivity index (χ0) is 15.0. The Morgan fingerprint density at radius 2 is 1.50 bits per heavy atom. The molecule has 0 heterocycles. The van der Waals surface area contributed by atoms with Gasteiger partial charge >= 0.3 is 0 Å². The van der Waals surface area contributed by atoms with E-state index in [-0.39, 0.29) is 5.78 Å². The molecule has 0 amide bonds. The topological polar surface area (TPSA) is 37.3 Å². The number of Topliss-reactive ketones (excluding diaryl/α,β-unsaturated/α-hetero) is 1. The molecule has 0 radical (unpaired) electrons. The first-order chi connectivity index (χ1) is 9.58. The van der Waals surface area contributed by atoms with E-state index in [9.17, 15) is 9.90 Å². The Morgan fingerprint density at radius 3 is 1.90 bits per heavy atom. The maximum absolute atomic E-state index is 11.1. The van der Waals surface area contributed by atoms with Crippen LogP contribution < -0.4 is 0 Å². The van der Waals surface area contributed by atoms with Crippen LogP contribution in [0.3, 0.4) is 0 Å². The minimum Gasteiger partial charge on any atom is -0.507 e. The van der Waals surface area contributed by atoms with E-state index in [0.29, 0.717) is 12.2 Å². The summed E-state index contributed by atoms with van der Waals surface area (Å²) in [5.74, 6) is 0.710. The van der Waals surface area contributed by atoms with Gasteiger partial charge in [0.1, 0.15) is 11.5 Å². The number of benzene rings is 1. The van der Waals surface area contributed by atoms with Crippen molar-refractivity contribution in [1.29, 1.82) is 0 Å². The number of carbonyl (C=O) groups is 1. The number of unbranched alkanes of at least 4 members (excludes halogenated alkanes) is 2. The van der Waals surface area contributed by atoms with E-state index >= 15 is 0 Å². The molecule has 1 N–H and O–H groups in total. The largest absolute Gasteiger partial charge is 0.507 e. The predicted octanol–water partition coefficient (Wildman–Crippen LogP) is 4.60. The lowest BCUT2D eigenvalue weighted by Gasteiger charge is -2.13. The summed E-state index contributed by atoms with van der Waals surface area (Å²) in [6, 6.07) is 4.17. The molecular weight excluding hydrogens is 248 g/mol. The number of phenols is 1. The number of phenolic OH excluding ortho intramolecular Hbond substituents is 1. The van der Waals surface area contributed by atoms with Crippen molar-refractivity contribution in [3.05, 3.63) is 28.8 Å². The molecule has 1 rings (SSSR count). The fourth-order valence-corrected chi connectivity index (χ4v) is 2.41. The molecule has 0 aliphatic rings. The molecule has 0 unspecified atom stereocenters. The second kappa shape index (κ2) is 8.78. The molecule has 0 bridgehead atoms. The molecule has 1 aromatic rings. The zero-order valence-corrected chi connectivity index (χ0v) is 13.2. The van der Waals surface area contributed by atoms with Crippen LogP contribution >= 0.6 is 0 Å². The quantitative estimate of drug-likeness (QED) is 0.715. The lowest BCUT2D eigenvalue weighted by atomic mass is 9.95. The standard InChI is InChI=1S/C18H28O2/c1-4-6-8-16-12-15(11-10-14(3)19)13-17(18(16)20)9-7-5-2/h12-13,20H,4-11H2,1-3H3. The molecule has 0 aliphatic heterocycles. The first-order valence-corrected chi connectivity index (χ1v) is 7.91. The van der Waals surface area contributed by atoms with Crippen LogP contribution in [-0.4, -0.2) is 10.9 Å². The zero-order valence-electron chi connectivity index (χ0n) is 13.2. The van der Waals surface area contributed by atoms with Gasteiger partial charge in [-0.3, -0.25) is 0 Å². The highest BCUT2D eigenvalue weighted by molar-refractivity contribution is 5.75. The number of carbonyl (C=O) groups excluding carboxylic acids is 1. The monoisotopic (exact) mass is 276 g/mol. The number of rotatable bonds is 9. The third kappa shape index (κ3) is 5.36. The summed E-state index contributed by atoms with van der Waals surface area (Å²) in [5.41, 5.74) is 3.30. The minimum absolute atomic E-state index is 0.225. The fourth-order valence-electron chi connectivity index (χ4n) is 2.41. The van der Waals surface area contributed by atoms with Crippen molar-refractivity contribution in [3.63, 3.8) is 0 Å². The molecule has 1 aromatic carbocycles. The SMILES string of the molecule is CCCCc1cc(CCC(C)=O)cc(CCCC)c1O. The van der Waals surface area contributed by atoms with Gasteiger partial charge in [0.15, 0.2) is 0 Å². The maximum atomic E-state index is 11.1. The highest BCUT2D eigenvalue weighted by Gasteiger charge is 2.10. The number of ketones is 1. The van der Waals surface area contributed by atoms with E-state index < -0.39 is 0 Å². The molecule has 2 heteroatoms. The van der Waals surface area contributed by atoms with Crippen molar-refractivity contribution in [2.45, 2.75) is 72.1 Å². The Balaban J connectivity index is 2.95. The van der Waals surface area contributed by atoms with Crippen molar-refractivity contribution in [2.75, 3.05) is 0 Å². The van der Waals surface area contributed by atoms with Crippen LogP contribution in [0.5, 0.6) is 5.75 Å². The molecule has 20 heavy (non-hydrogen) atoms. The molecular formula is C18H28O2. The van der Waals surface area contributed by atoms with Crippen LogP contribution in [0.4, 0.5) is 0 Å². The van der Waals surface area contributed by atoms with E-state index in [2.05, 4.69) is 26.0 Å². The van der Waals surface area contributed by atoms with E-state index in [1.54, 1.807) is 6.92 Å². The van der Waals surface area contributed by atoms with Crippen molar-refractivity contribution in [1.82, 2.24) is 0 Å². The molecule has 0 saturated carbocycles. The van der Waals surface area contributed by atoms with Gasteiger partial charge in [0.2, 0.25) is 0 Å². The Hall–Kier alpha value is -1.31. The van der Waals surface area contributed by atoms with Crippen LogP contribution in [0.1, 0.15) is 69.6 Å². The summed E-state index contributed by atoms with van der Waals surface area (Å²) >= 11 is 0. The third-order valence-electron chi connectivity index (χ3n) is 3.69. The van der Waals surface area contributed by atoms with E-state index in [0.717, 1.165) is 56.1 Å². The molecule has 0 saturated heterocycles. The Bertz CT molecular complexity index is 406. The van der Waals surface area contributed by atoms with Crippen LogP contribution in [-0.2, 0) is 24.1 Å². The lowest BCUT2D eigenvalue weighted by molar-refractivity contribution is -0.116. The lowest BCUT2D eigenvalue weighted by Crippen LogP contribution is -1.99. The van der Waals surface area contributed by atoms with Gasteiger partial charge in [0.05, 0.1) is 0 Å². The Labute approximate surface area is 123 Å². The maximum Gasteiger partial charge on any atom is 0.130 e. The summed E-state index contributed by atoms with van der Waals surface area (Å²) in [7, 11) is 0. The predicted molar refractivity (Wildman–Crippen MR) is 84.3 cm³/mol. The van der Waals surface area contributed by atoms with E-state index in [1.807, 2.05) is 0 Å². The summed E-state index contributed by atoms with van der Waals surface area (Å²) < 4.78 is 0. The molecule has 2 nitrogen and oxygen atoms in total. The molecule has 0 aliphatic carbocycles. The fraction of sp³-hybridized carbons (Fsp3) is 0.611. The van der Waals surface area contributed by atoms with Gasteiger partial charge in [-0.1, -0.05) is 38.8 Å². The second-order valence-corrected chi connectivity index (χ2v) is 5.67. The van der Waals surface area contributed by atoms with Gasteiger partial charge in [-0.15, -0.1) is 0 Å². The van der Waals surface area contributed by atoms with Crippen LogP contribution in [0.15, 0.2) is 12.1 Å². The van der Waals surface area contributed by atoms with Gasteiger partial charge in [-0.25, -0.2) is 0 Å².